The van der Waals surface area contributed by atoms with Crippen molar-refractivity contribution in [2.75, 3.05) is 6.54 Å². The van der Waals surface area contributed by atoms with E-state index < -0.39 is 0 Å². The van der Waals surface area contributed by atoms with Crippen molar-refractivity contribution in [3.63, 3.8) is 0 Å². The summed E-state index contributed by atoms with van der Waals surface area (Å²) in [7, 11) is 0. The second kappa shape index (κ2) is 9.27. The van der Waals surface area contributed by atoms with Crippen molar-refractivity contribution in [2.24, 2.45) is 0 Å². The largest absolute Gasteiger partial charge is 0.445 e. The Kier molecular flexibility index (Phi) is 10.9. The molecule has 0 aliphatic carbocycles. The number of carbonyl (C=O) groups excluding carboxylic acids is 1. The Balaban J connectivity index is 0. The molecule has 68 valence electrons. The molecule has 1 N–H and O–H groups in total. The minimum Gasteiger partial charge on any atom is -0.445 e. The first kappa shape index (κ1) is 12.9. The third kappa shape index (κ3) is 7.16. The molecule has 1 aliphatic rings. The predicted octanol–water partition coefficient (Wildman–Crippen LogP) is 2.17. The fourth-order valence-electron chi connectivity index (χ4n) is 0.493. The van der Waals surface area contributed by atoms with Crippen molar-refractivity contribution < 1.29 is 9.53 Å². The molecular formula is C8H19NO2. The highest BCUT2D eigenvalue weighted by Gasteiger charge is 2.16. The molecule has 11 heavy (non-hydrogen) atoms. The summed E-state index contributed by atoms with van der Waals surface area (Å²) in [5, 5.41) is 2.51. The van der Waals surface area contributed by atoms with E-state index in [1.807, 2.05) is 34.6 Å². The van der Waals surface area contributed by atoms with Crippen molar-refractivity contribution in [1.82, 2.24) is 5.32 Å². The van der Waals surface area contributed by atoms with Gasteiger partial charge in [-0.3, -0.25) is 0 Å². The second-order valence-electron chi connectivity index (χ2n) is 1.60. The molecule has 1 amide bonds. The van der Waals surface area contributed by atoms with Gasteiger partial charge in [0.25, 0.3) is 0 Å². The number of alkyl carbamates (subject to hydrolysis) is 1. The zero-order chi connectivity index (χ0) is 9.28. The van der Waals surface area contributed by atoms with E-state index in [1.165, 1.54) is 0 Å². The number of nitrogens with one attached hydrogen (secondary N) is 1. The van der Waals surface area contributed by atoms with Crippen molar-refractivity contribution in [3.8, 4) is 0 Å². The summed E-state index contributed by atoms with van der Waals surface area (Å²) in [5.74, 6) is 0. The van der Waals surface area contributed by atoms with Crippen LogP contribution in [-0.4, -0.2) is 18.7 Å². The van der Waals surface area contributed by atoms with Crippen LogP contribution in [0.1, 0.15) is 34.6 Å². The summed E-state index contributed by atoms with van der Waals surface area (Å²) < 4.78 is 4.61. The summed E-state index contributed by atoms with van der Waals surface area (Å²) in [6, 6.07) is 0. The Hall–Kier alpha value is -0.730. The molecule has 3 heteroatoms. The van der Waals surface area contributed by atoms with E-state index in [0.717, 1.165) is 0 Å². The van der Waals surface area contributed by atoms with Gasteiger partial charge in [-0.25, -0.2) is 4.79 Å². The Morgan fingerprint density at radius 1 is 1.36 bits per heavy atom. The minimum atomic E-state index is -0.299. The molecule has 0 radical (unpaired) electrons. The van der Waals surface area contributed by atoms with Gasteiger partial charge in [-0.2, -0.15) is 0 Å². The van der Waals surface area contributed by atoms with Gasteiger partial charge < -0.3 is 10.1 Å². The first-order valence-electron chi connectivity index (χ1n) is 4.23. The number of hydrogen-bond acceptors (Lipinski definition) is 2. The summed E-state index contributed by atoms with van der Waals surface area (Å²) >= 11 is 0. The maximum atomic E-state index is 10.1. The van der Waals surface area contributed by atoms with Crippen LogP contribution in [-0.2, 0) is 4.74 Å². The van der Waals surface area contributed by atoms with Crippen LogP contribution in [0.15, 0.2) is 0 Å². The molecule has 0 aromatic heterocycles. The summed E-state index contributed by atoms with van der Waals surface area (Å²) in [5.41, 5.74) is 0. The standard InChI is InChI=1S/C4H7NO2.2C2H6/c1-3-2-5-4(6)7-3;2*1-2/h3H,2H2,1H3,(H,5,6);2*1-2H3. The van der Waals surface area contributed by atoms with E-state index in [-0.39, 0.29) is 12.2 Å². The highest BCUT2D eigenvalue weighted by atomic mass is 16.6. The first-order valence-corrected chi connectivity index (χ1v) is 4.23. The Bertz CT molecular complexity index is 94.1. The quantitative estimate of drug-likeness (QED) is 0.591. The fraction of sp³-hybridized carbons (Fsp3) is 0.875. The lowest BCUT2D eigenvalue weighted by atomic mass is 10.4. The Morgan fingerprint density at radius 2 is 1.82 bits per heavy atom. The van der Waals surface area contributed by atoms with Gasteiger partial charge in [-0.15, -0.1) is 0 Å². The molecule has 0 aromatic carbocycles. The van der Waals surface area contributed by atoms with Gasteiger partial charge in [0.05, 0.1) is 6.54 Å². The zero-order valence-corrected chi connectivity index (χ0v) is 8.10. The van der Waals surface area contributed by atoms with Gasteiger partial charge >= 0.3 is 6.09 Å². The van der Waals surface area contributed by atoms with Crippen LogP contribution >= 0.6 is 0 Å². The van der Waals surface area contributed by atoms with Crippen LogP contribution in [0.5, 0.6) is 0 Å². The molecule has 1 heterocycles. The van der Waals surface area contributed by atoms with Gasteiger partial charge in [0.1, 0.15) is 6.10 Å². The van der Waals surface area contributed by atoms with Gasteiger partial charge in [-0.1, -0.05) is 27.7 Å². The molecular weight excluding hydrogens is 142 g/mol. The van der Waals surface area contributed by atoms with Crippen molar-refractivity contribution in [3.05, 3.63) is 0 Å². The van der Waals surface area contributed by atoms with E-state index >= 15 is 0 Å². The Labute approximate surface area is 69.1 Å². The van der Waals surface area contributed by atoms with E-state index in [4.69, 9.17) is 0 Å². The number of cyclic esters (lactones) is 1. The first-order chi connectivity index (χ1) is 5.29. The third-order valence-electron chi connectivity index (χ3n) is 0.842. The molecule has 0 aromatic rings. The predicted molar refractivity (Wildman–Crippen MR) is 46.6 cm³/mol. The van der Waals surface area contributed by atoms with Crippen LogP contribution in [0.4, 0.5) is 4.79 Å². The van der Waals surface area contributed by atoms with E-state index in [9.17, 15) is 4.79 Å². The fourth-order valence-corrected chi connectivity index (χ4v) is 0.493. The minimum absolute atomic E-state index is 0.0625. The van der Waals surface area contributed by atoms with Gasteiger partial charge in [0, 0.05) is 0 Å². The topological polar surface area (TPSA) is 38.3 Å². The monoisotopic (exact) mass is 161 g/mol. The van der Waals surface area contributed by atoms with Crippen LogP contribution in [0.3, 0.4) is 0 Å². The normalized spacial score (nSPS) is 19.7. The lowest BCUT2D eigenvalue weighted by Gasteiger charge is -1.92. The van der Waals surface area contributed by atoms with E-state index in [2.05, 4.69) is 10.1 Å². The summed E-state index contributed by atoms with van der Waals surface area (Å²) in [6.07, 6.45) is -0.236. The average molecular weight is 161 g/mol. The molecule has 0 saturated carbocycles. The summed E-state index contributed by atoms with van der Waals surface area (Å²) in [6.45, 7) is 10.5. The lowest BCUT2D eigenvalue weighted by Crippen LogP contribution is -2.12. The van der Waals surface area contributed by atoms with Crippen LogP contribution in [0.2, 0.25) is 0 Å². The van der Waals surface area contributed by atoms with Gasteiger partial charge in [-0.05, 0) is 6.92 Å². The molecule has 1 unspecified atom stereocenters. The molecule has 0 spiro atoms. The Morgan fingerprint density at radius 3 is 1.91 bits per heavy atom. The van der Waals surface area contributed by atoms with E-state index in [1.54, 1.807) is 0 Å². The van der Waals surface area contributed by atoms with Crippen molar-refractivity contribution in [2.45, 2.75) is 40.7 Å². The maximum Gasteiger partial charge on any atom is 0.407 e. The zero-order valence-electron chi connectivity index (χ0n) is 8.10. The molecule has 1 fully saturated rings. The second-order valence-corrected chi connectivity index (χ2v) is 1.60. The van der Waals surface area contributed by atoms with Crippen LogP contribution in [0, 0.1) is 0 Å². The number of ether oxygens (including phenoxy) is 1. The molecule has 0 bridgehead atoms. The highest BCUT2D eigenvalue weighted by Crippen LogP contribution is 1.95. The molecule has 1 atom stereocenters. The lowest BCUT2D eigenvalue weighted by molar-refractivity contribution is 0.148. The number of amides is 1. The SMILES string of the molecule is CC.CC.CC1CNC(=O)O1. The highest BCUT2D eigenvalue weighted by molar-refractivity contribution is 5.69. The molecule has 1 aliphatic heterocycles. The molecule has 1 rings (SSSR count). The third-order valence-corrected chi connectivity index (χ3v) is 0.842. The number of rotatable bonds is 0. The van der Waals surface area contributed by atoms with Crippen LogP contribution < -0.4 is 5.32 Å². The van der Waals surface area contributed by atoms with Crippen molar-refractivity contribution >= 4 is 6.09 Å². The van der Waals surface area contributed by atoms with Gasteiger partial charge in [0.2, 0.25) is 0 Å². The van der Waals surface area contributed by atoms with Crippen molar-refractivity contribution in [1.29, 1.82) is 0 Å². The van der Waals surface area contributed by atoms with Gasteiger partial charge in [0.15, 0.2) is 0 Å². The molecule has 1 saturated heterocycles. The summed E-state index contributed by atoms with van der Waals surface area (Å²) in [4.78, 5) is 10.1. The number of carbonyl (C=O) groups is 1. The molecule has 3 nitrogen and oxygen atoms in total. The maximum absolute atomic E-state index is 10.1. The smallest absolute Gasteiger partial charge is 0.407 e. The van der Waals surface area contributed by atoms with Crippen LogP contribution in [0.25, 0.3) is 0 Å². The number of hydrogen-bond donors (Lipinski definition) is 1. The average Bonchev–Trinajstić information content (AvgIpc) is 2.43. The van der Waals surface area contributed by atoms with E-state index in [0.29, 0.717) is 6.54 Å².